The van der Waals surface area contributed by atoms with Crippen molar-refractivity contribution in [3.05, 3.63) is 0 Å². The van der Waals surface area contributed by atoms with Gasteiger partial charge in [0, 0.05) is 33.1 Å². The van der Waals surface area contributed by atoms with Crippen molar-refractivity contribution in [2.45, 2.75) is 24.6 Å². The lowest BCUT2D eigenvalue weighted by Crippen LogP contribution is -2.60. The molecule has 110 valence electrons. The molecule has 1 aliphatic rings. The highest BCUT2D eigenvalue weighted by Crippen LogP contribution is 2.22. The van der Waals surface area contributed by atoms with Crippen LogP contribution in [0, 0.1) is 0 Å². The van der Waals surface area contributed by atoms with E-state index in [4.69, 9.17) is 9.84 Å². The van der Waals surface area contributed by atoms with E-state index in [9.17, 15) is 22.8 Å². The first-order valence-electron chi connectivity index (χ1n) is 5.57. The van der Waals surface area contributed by atoms with E-state index < -0.39 is 30.3 Å². The van der Waals surface area contributed by atoms with Crippen LogP contribution in [0.25, 0.3) is 0 Å². The third-order valence-electron chi connectivity index (χ3n) is 2.87. The molecule has 0 spiro atoms. The standard InChI is InChI=1S/C10H15F3N2O4/c1-15(6-10(11,12)13)8(18)14-9(7(16)17)2-4-19-5-3-9/h2-6H2,1H3,(H,14,18)(H,16,17). The topological polar surface area (TPSA) is 78.9 Å². The first-order valence-corrected chi connectivity index (χ1v) is 5.57. The van der Waals surface area contributed by atoms with Crippen LogP contribution in [0.3, 0.4) is 0 Å². The first-order chi connectivity index (χ1) is 8.66. The summed E-state index contributed by atoms with van der Waals surface area (Å²) in [4.78, 5) is 23.2. The molecular weight excluding hydrogens is 269 g/mol. The van der Waals surface area contributed by atoms with Gasteiger partial charge in [-0.05, 0) is 0 Å². The summed E-state index contributed by atoms with van der Waals surface area (Å²) in [6, 6.07) is -1.07. The number of carbonyl (C=O) groups excluding carboxylic acids is 1. The molecule has 0 bridgehead atoms. The Balaban J connectivity index is 2.69. The minimum Gasteiger partial charge on any atom is -0.480 e. The molecule has 0 aromatic rings. The maximum Gasteiger partial charge on any atom is 0.406 e. The number of nitrogens with one attached hydrogen (secondary N) is 1. The first kappa shape index (κ1) is 15.5. The Labute approximate surface area is 107 Å². The summed E-state index contributed by atoms with van der Waals surface area (Å²) in [5.74, 6) is -1.27. The van der Waals surface area contributed by atoms with Crippen LogP contribution in [0.15, 0.2) is 0 Å². The number of rotatable bonds is 3. The molecule has 19 heavy (non-hydrogen) atoms. The molecule has 1 saturated heterocycles. The van der Waals surface area contributed by atoms with Gasteiger partial charge in [-0.15, -0.1) is 0 Å². The summed E-state index contributed by atoms with van der Waals surface area (Å²) in [6.45, 7) is -1.17. The average molecular weight is 284 g/mol. The van der Waals surface area contributed by atoms with Gasteiger partial charge in [0.15, 0.2) is 0 Å². The van der Waals surface area contributed by atoms with Crippen molar-refractivity contribution in [2.75, 3.05) is 26.8 Å². The fourth-order valence-corrected chi connectivity index (χ4v) is 1.75. The zero-order chi connectivity index (χ0) is 14.7. The Bertz CT molecular complexity index is 353. The second-order valence-electron chi connectivity index (χ2n) is 4.40. The quantitative estimate of drug-likeness (QED) is 0.804. The van der Waals surface area contributed by atoms with Crippen molar-refractivity contribution < 1.29 is 32.6 Å². The minimum absolute atomic E-state index is 0.0218. The number of alkyl halides is 3. The molecule has 0 atom stereocenters. The number of aliphatic carboxylic acids is 1. The highest BCUT2D eigenvalue weighted by atomic mass is 19.4. The lowest BCUT2D eigenvalue weighted by atomic mass is 9.90. The Morgan fingerprint density at radius 3 is 2.32 bits per heavy atom. The number of carboxylic acids is 1. The van der Waals surface area contributed by atoms with Gasteiger partial charge in [0.1, 0.15) is 12.1 Å². The van der Waals surface area contributed by atoms with Gasteiger partial charge in [-0.25, -0.2) is 9.59 Å². The molecule has 1 heterocycles. The van der Waals surface area contributed by atoms with Crippen LogP contribution >= 0.6 is 0 Å². The molecule has 2 amide bonds. The number of carbonyl (C=O) groups is 2. The number of halogens is 3. The molecule has 6 nitrogen and oxygen atoms in total. The number of amides is 2. The van der Waals surface area contributed by atoms with E-state index in [0.717, 1.165) is 7.05 Å². The zero-order valence-electron chi connectivity index (χ0n) is 10.3. The summed E-state index contributed by atoms with van der Waals surface area (Å²) in [5, 5.41) is 11.3. The van der Waals surface area contributed by atoms with E-state index in [-0.39, 0.29) is 26.1 Å². The average Bonchev–Trinajstić information content (AvgIpc) is 2.27. The van der Waals surface area contributed by atoms with Crippen LogP contribution in [0.4, 0.5) is 18.0 Å². The summed E-state index contributed by atoms with van der Waals surface area (Å²) < 4.78 is 41.4. The third-order valence-corrected chi connectivity index (χ3v) is 2.87. The van der Waals surface area contributed by atoms with Crippen LogP contribution < -0.4 is 5.32 Å². The molecule has 0 saturated carbocycles. The maximum atomic E-state index is 12.1. The van der Waals surface area contributed by atoms with Gasteiger partial charge in [0.2, 0.25) is 0 Å². The highest BCUT2D eigenvalue weighted by Gasteiger charge is 2.43. The van der Waals surface area contributed by atoms with Crippen LogP contribution in [-0.2, 0) is 9.53 Å². The van der Waals surface area contributed by atoms with Crippen molar-refractivity contribution in [3.63, 3.8) is 0 Å². The van der Waals surface area contributed by atoms with Crippen LogP contribution in [0.1, 0.15) is 12.8 Å². The molecular formula is C10H15F3N2O4. The van der Waals surface area contributed by atoms with Crippen LogP contribution in [0.5, 0.6) is 0 Å². The summed E-state index contributed by atoms with van der Waals surface area (Å²) in [7, 11) is 0.956. The second kappa shape index (κ2) is 5.64. The molecule has 0 radical (unpaired) electrons. The number of hydrogen-bond donors (Lipinski definition) is 2. The predicted molar refractivity (Wildman–Crippen MR) is 57.6 cm³/mol. The number of nitrogens with zero attached hydrogens (tertiary/aromatic N) is 1. The van der Waals surface area contributed by atoms with Gasteiger partial charge in [-0.1, -0.05) is 0 Å². The van der Waals surface area contributed by atoms with Gasteiger partial charge < -0.3 is 20.1 Å². The Kier molecular flexibility index (Phi) is 4.61. The van der Waals surface area contributed by atoms with Crippen molar-refractivity contribution in [1.82, 2.24) is 10.2 Å². The lowest BCUT2D eigenvalue weighted by molar-refractivity contribution is -0.149. The van der Waals surface area contributed by atoms with Gasteiger partial charge in [-0.2, -0.15) is 13.2 Å². The van der Waals surface area contributed by atoms with Crippen molar-refractivity contribution in [3.8, 4) is 0 Å². The number of hydrogen-bond acceptors (Lipinski definition) is 3. The van der Waals surface area contributed by atoms with E-state index in [2.05, 4.69) is 5.32 Å². The largest absolute Gasteiger partial charge is 0.480 e. The van der Waals surface area contributed by atoms with E-state index in [1.807, 2.05) is 0 Å². The summed E-state index contributed by atoms with van der Waals surface area (Å²) >= 11 is 0. The van der Waals surface area contributed by atoms with Crippen molar-refractivity contribution in [2.24, 2.45) is 0 Å². The Morgan fingerprint density at radius 2 is 1.89 bits per heavy atom. The fraction of sp³-hybridized carbons (Fsp3) is 0.800. The zero-order valence-corrected chi connectivity index (χ0v) is 10.3. The van der Waals surface area contributed by atoms with Gasteiger partial charge in [0.25, 0.3) is 0 Å². The lowest BCUT2D eigenvalue weighted by Gasteiger charge is -2.35. The molecule has 0 aromatic heterocycles. The van der Waals surface area contributed by atoms with E-state index in [1.165, 1.54) is 0 Å². The van der Waals surface area contributed by atoms with E-state index >= 15 is 0 Å². The highest BCUT2D eigenvalue weighted by molar-refractivity contribution is 5.86. The van der Waals surface area contributed by atoms with E-state index in [1.54, 1.807) is 0 Å². The van der Waals surface area contributed by atoms with Crippen molar-refractivity contribution in [1.29, 1.82) is 0 Å². The molecule has 1 fully saturated rings. The summed E-state index contributed by atoms with van der Waals surface area (Å²) in [6.07, 6.45) is -4.49. The van der Waals surface area contributed by atoms with Gasteiger partial charge >= 0.3 is 18.2 Å². The molecule has 1 aliphatic heterocycles. The van der Waals surface area contributed by atoms with Gasteiger partial charge in [0.05, 0.1) is 0 Å². The number of carboxylic acid groups (broad SMARTS) is 1. The second-order valence-corrected chi connectivity index (χ2v) is 4.40. The minimum atomic E-state index is -4.53. The molecule has 9 heteroatoms. The van der Waals surface area contributed by atoms with Crippen LogP contribution in [-0.4, -0.2) is 60.5 Å². The van der Waals surface area contributed by atoms with Crippen LogP contribution in [0.2, 0.25) is 0 Å². The number of urea groups is 1. The van der Waals surface area contributed by atoms with E-state index in [0.29, 0.717) is 4.90 Å². The van der Waals surface area contributed by atoms with Gasteiger partial charge in [-0.3, -0.25) is 0 Å². The molecule has 0 unspecified atom stereocenters. The molecule has 0 aliphatic carbocycles. The summed E-state index contributed by atoms with van der Waals surface area (Å²) in [5.41, 5.74) is -1.56. The Hall–Kier alpha value is -1.51. The Morgan fingerprint density at radius 1 is 1.37 bits per heavy atom. The molecule has 1 rings (SSSR count). The smallest absolute Gasteiger partial charge is 0.406 e. The molecule has 0 aromatic carbocycles. The maximum absolute atomic E-state index is 12.1. The normalized spacial score (nSPS) is 18.7. The number of ether oxygens (including phenoxy) is 1. The van der Waals surface area contributed by atoms with Crippen molar-refractivity contribution >= 4 is 12.0 Å². The fourth-order valence-electron chi connectivity index (χ4n) is 1.75. The predicted octanol–water partition coefficient (Wildman–Crippen LogP) is 0.824. The SMILES string of the molecule is CN(CC(F)(F)F)C(=O)NC1(C(=O)O)CCOCC1. The molecule has 2 N–H and O–H groups in total. The third kappa shape index (κ3) is 4.27. The monoisotopic (exact) mass is 284 g/mol.